The first kappa shape index (κ1) is 12.0. The Balaban J connectivity index is 2.17. The summed E-state index contributed by atoms with van der Waals surface area (Å²) in [5.41, 5.74) is 0.0671. The van der Waals surface area contributed by atoms with Gasteiger partial charge in [0.1, 0.15) is 11.6 Å². The van der Waals surface area contributed by atoms with Gasteiger partial charge in [0.25, 0.3) is 5.91 Å². The lowest BCUT2D eigenvalue weighted by Crippen LogP contribution is -2.36. The first-order valence-electron chi connectivity index (χ1n) is 5.72. The topological polar surface area (TPSA) is 20.3 Å². The molecular formula is C13H15F2NO. The van der Waals surface area contributed by atoms with Crippen LogP contribution in [0.5, 0.6) is 0 Å². The number of hydrogen-bond donors (Lipinski definition) is 0. The minimum absolute atomic E-state index is 0.0671. The van der Waals surface area contributed by atoms with E-state index in [0.29, 0.717) is 5.92 Å². The van der Waals surface area contributed by atoms with Gasteiger partial charge in [-0.05, 0) is 37.8 Å². The minimum atomic E-state index is -0.721. The zero-order valence-corrected chi connectivity index (χ0v) is 9.91. The number of carbonyl (C=O) groups excluding carboxylic acids is 1. The van der Waals surface area contributed by atoms with Crippen LogP contribution in [0.2, 0.25) is 0 Å². The molecule has 2 rings (SSSR count). The van der Waals surface area contributed by atoms with Crippen molar-refractivity contribution in [2.45, 2.75) is 25.8 Å². The zero-order valence-electron chi connectivity index (χ0n) is 9.91. The lowest BCUT2D eigenvalue weighted by atomic mass is 10.1. The molecule has 4 heteroatoms. The van der Waals surface area contributed by atoms with Gasteiger partial charge in [-0.3, -0.25) is 4.79 Å². The third-order valence-corrected chi connectivity index (χ3v) is 3.34. The fourth-order valence-electron chi connectivity index (χ4n) is 1.96. The highest BCUT2D eigenvalue weighted by atomic mass is 19.1. The monoisotopic (exact) mass is 239 g/mol. The van der Waals surface area contributed by atoms with Crippen LogP contribution in [0.4, 0.5) is 8.78 Å². The summed E-state index contributed by atoms with van der Waals surface area (Å²) in [5, 5.41) is 0. The van der Waals surface area contributed by atoms with Gasteiger partial charge in [-0.1, -0.05) is 0 Å². The van der Waals surface area contributed by atoms with Gasteiger partial charge < -0.3 is 4.90 Å². The molecule has 0 heterocycles. The van der Waals surface area contributed by atoms with Crippen LogP contribution in [0.1, 0.15) is 30.1 Å². The van der Waals surface area contributed by atoms with Gasteiger partial charge in [0.2, 0.25) is 0 Å². The highest BCUT2D eigenvalue weighted by Crippen LogP contribution is 2.35. The SMILES string of the molecule is CC(C1CC1)N(C)C(=O)c1cc(F)cc(F)c1. The summed E-state index contributed by atoms with van der Waals surface area (Å²) >= 11 is 0. The second kappa shape index (κ2) is 4.43. The van der Waals surface area contributed by atoms with Gasteiger partial charge in [-0.25, -0.2) is 8.78 Å². The normalized spacial score (nSPS) is 16.7. The number of benzene rings is 1. The molecule has 1 saturated carbocycles. The average molecular weight is 239 g/mol. The number of halogens is 2. The van der Waals surface area contributed by atoms with E-state index in [1.165, 1.54) is 0 Å². The predicted octanol–water partition coefficient (Wildman–Crippen LogP) is 2.84. The van der Waals surface area contributed by atoms with E-state index in [1.807, 2.05) is 6.92 Å². The van der Waals surface area contributed by atoms with Gasteiger partial charge in [-0.15, -0.1) is 0 Å². The van der Waals surface area contributed by atoms with Gasteiger partial charge in [0, 0.05) is 24.7 Å². The summed E-state index contributed by atoms with van der Waals surface area (Å²) in [4.78, 5) is 13.6. The summed E-state index contributed by atoms with van der Waals surface area (Å²) in [5.74, 6) is -1.24. The molecule has 0 aliphatic heterocycles. The third-order valence-electron chi connectivity index (χ3n) is 3.34. The van der Waals surface area contributed by atoms with Crippen molar-refractivity contribution >= 4 is 5.91 Å². The number of rotatable bonds is 3. The maximum Gasteiger partial charge on any atom is 0.254 e. The first-order valence-corrected chi connectivity index (χ1v) is 5.72. The van der Waals surface area contributed by atoms with E-state index >= 15 is 0 Å². The van der Waals surface area contributed by atoms with Crippen molar-refractivity contribution in [2.75, 3.05) is 7.05 Å². The number of carbonyl (C=O) groups is 1. The molecule has 17 heavy (non-hydrogen) atoms. The van der Waals surface area contributed by atoms with Crippen LogP contribution < -0.4 is 0 Å². The van der Waals surface area contributed by atoms with E-state index in [4.69, 9.17) is 0 Å². The lowest BCUT2D eigenvalue weighted by molar-refractivity contribution is 0.0726. The van der Waals surface area contributed by atoms with Crippen LogP contribution >= 0.6 is 0 Å². The lowest BCUT2D eigenvalue weighted by Gasteiger charge is -2.25. The molecule has 0 radical (unpaired) electrons. The second-order valence-electron chi connectivity index (χ2n) is 4.65. The van der Waals surface area contributed by atoms with E-state index in [-0.39, 0.29) is 17.5 Å². The van der Waals surface area contributed by atoms with Crippen LogP contribution in [0.3, 0.4) is 0 Å². The summed E-state index contributed by atoms with van der Waals surface area (Å²) in [6.45, 7) is 1.96. The molecule has 0 saturated heterocycles. The molecule has 1 amide bonds. The molecule has 1 atom stereocenters. The molecule has 0 aromatic heterocycles. The van der Waals surface area contributed by atoms with Crippen LogP contribution in [0, 0.1) is 17.6 Å². The molecule has 0 spiro atoms. The van der Waals surface area contributed by atoms with Crippen molar-refractivity contribution in [3.63, 3.8) is 0 Å². The smallest absolute Gasteiger partial charge is 0.254 e. The Kier molecular flexibility index (Phi) is 3.13. The molecule has 1 aliphatic carbocycles. The van der Waals surface area contributed by atoms with Gasteiger partial charge in [0.15, 0.2) is 0 Å². The highest BCUT2D eigenvalue weighted by Gasteiger charge is 2.32. The van der Waals surface area contributed by atoms with Crippen LogP contribution in [0.25, 0.3) is 0 Å². The van der Waals surface area contributed by atoms with E-state index in [1.54, 1.807) is 11.9 Å². The molecule has 92 valence electrons. The quantitative estimate of drug-likeness (QED) is 0.794. The Morgan fingerprint density at radius 2 is 1.82 bits per heavy atom. The fraction of sp³-hybridized carbons (Fsp3) is 0.462. The molecule has 1 aromatic carbocycles. The Morgan fingerprint density at radius 3 is 2.29 bits per heavy atom. The Morgan fingerprint density at radius 1 is 1.29 bits per heavy atom. The molecule has 0 bridgehead atoms. The molecule has 0 N–H and O–H groups in total. The summed E-state index contributed by atoms with van der Waals surface area (Å²) < 4.78 is 26.0. The third kappa shape index (κ3) is 2.62. The predicted molar refractivity (Wildman–Crippen MR) is 60.6 cm³/mol. The summed E-state index contributed by atoms with van der Waals surface area (Å²) in [6, 6.07) is 3.03. The maximum atomic E-state index is 13.0. The standard InChI is InChI=1S/C13H15F2NO/c1-8(9-3-4-9)16(2)13(17)10-5-11(14)7-12(15)6-10/h5-9H,3-4H2,1-2H3. The molecule has 1 aromatic rings. The van der Waals surface area contributed by atoms with Crippen molar-refractivity contribution < 1.29 is 13.6 Å². The van der Waals surface area contributed by atoms with Gasteiger partial charge in [0.05, 0.1) is 0 Å². The van der Waals surface area contributed by atoms with Crippen molar-refractivity contribution in [1.82, 2.24) is 4.90 Å². The molecule has 2 nitrogen and oxygen atoms in total. The zero-order chi connectivity index (χ0) is 12.6. The Labute approximate surface area is 99.2 Å². The molecular weight excluding hydrogens is 224 g/mol. The van der Waals surface area contributed by atoms with Gasteiger partial charge >= 0.3 is 0 Å². The second-order valence-corrected chi connectivity index (χ2v) is 4.65. The Hall–Kier alpha value is -1.45. The van der Waals surface area contributed by atoms with Gasteiger partial charge in [-0.2, -0.15) is 0 Å². The maximum absolute atomic E-state index is 13.0. The van der Waals surface area contributed by atoms with E-state index in [2.05, 4.69) is 0 Å². The van der Waals surface area contributed by atoms with Crippen LogP contribution in [-0.4, -0.2) is 23.9 Å². The molecule has 1 fully saturated rings. The van der Waals surface area contributed by atoms with E-state index in [9.17, 15) is 13.6 Å². The summed E-state index contributed by atoms with van der Waals surface area (Å²) in [6.07, 6.45) is 2.24. The number of hydrogen-bond acceptors (Lipinski definition) is 1. The number of nitrogens with zero attached hydrogens (tertiary/aromatic N) is 1. The van der Waals surface area contributed by atoms with Crippen molar-refractivity contribution in [1.29, 1.82) is 0 Å². The van der Waals surface area contributed by atoms with Crippen molar-refractivity contribution in [2.24, 2.45) is 5.92 Å². The van der Waals surface area contributed by atoms with Crippen molar-refractivity contribution in [3.8, 4) is 0 Å². The fourth-order valence-corrected chi connectivity index (χ4v) is 1.96. The number of amides is 1. The van der Waals surface area contributed by atoms with Crippen LogP contribution in [-0.2, 0) is 0 Å². The first-order chi connectivity index (χ1) is 7.99. The highest BCUT2D eigenvalue weighted by molar-refractivity contribution is 5.94. The van der Waals surface area contributed by atoms with Crippen molar-refractivity contribution in [3.05, 3.63) is 35.4 Å². The van der Waals surface area contributed by atoms with E-state index < -0.39 is 11.6 Å². The van der Waals surface area contributed by atoms with Crippen LogP contribution in [0.15, 0.2) is 18.2 Å². The Bertz CT molecular complexity index is 423. The molecule has 1 unspecified atom stereocenters. The van der Waals surface area contributed by atoms with E-state index in [0.717, 1.165) is 31.0 Å². The largest absolute Gasteiger partial charge is 0.339 e. The molecule has 1 aliphatic rings. The minimum Gasteiger partial charge on any atom is -0.339 e. The average Bonchev–Trinajstić information content (AvgIpc) is 3.08. The summed E-state index contributed by atoms with van der Waals surface area (Å²) in [7, 11) is 1.67.